The van der Waals surface area contributed by atoms with Gasteiger partial charge in [-0.1, -0.05) is 48.5 Å². The molecule has 0 N–H and O–H groups in total. The van der Waals surface area contributed by atoms with Gasteiger partial charge >= 0.3 is 17.9 Å². The highest BCUT2D eigenvalue weighted by Gasteiger charge is 2.53. The molecule has 0 radical (unpaired) electrons. The quantitative estimate of drug-likeness (QED) is 0.301. The lowest BCUT2D eigenvalue weighted by Crippen LogP contribution is -2.54. The smallest absolute Gasteiger partial charge is 0.338 e. The number of hydrogen-bond donors (Lipinski definition) is 0. The Kier molecular flexibility index (Phi) is 7.35. The van der Waals surface area contributed by atoms with E-state index >= 15 is 0 Å². The number of rotatable bonds is 7. The monoisotopic (exact) mass is 498 g/mol. The molecule has 6 rings (SSSR count). The predicted molar refractivity (Wildman–Crippen MR) is 137 cm³/mol. The third-order valence-corrected chi connectivity index (χ3v) is 7.51. The topological polar surface area (TPSA) is 78.9 Å². The molecule has 0 spiro atoms. The maximum Gasteiger partial charge on any atom is 0.338 e. The average Bonchev–Trinajstić information content (AvgIpc) is 2.95. The van der Waals surface area contributed by atoms with Crippen LogP contribution in [0, 0.1) is 11.8 Å². The van der Waals surface area contributed by atoms with Gasteiger partial charge < -0.3 is 14.2 Å². The lowest BCUT2D eigenvalue weighted by Gasteiger charge is -2.51. The molecular weight excluding hydrogens is 468 g/mol. The normalized spacial score (nSPS) is 24.2. The Hall–Kier alpha value is -3.93. The first-order valence-corrected chi connectivity index (χ1v) is 12.8. The van der Waals surface area contributed by atoms with Gasteiger partial charge in [0.1, 0.15) is 12.2 Å². The van der Waals surface area contributed by atoms with Gasteiger partial charge in [0, 0.05) is 11.8 Å². The number of carbonyl (C=O) groups excluding carboxylic acids is 3. The SMILES string of the molecule is CCOC(=O)c1ccc(C2CC3CCC2C(OC(=O)c2ccccc2)C3OC(=O)c2ccccc2)cc1. The van der Waals surface area contributed by atoms with Gasteiger partial charge in [0.25, 0.3) is 0 Å². The van der Waals surface area contributed by atoms with Crippen LogP contribution in [0.3, 0.4) is 0 Å². The van der Waals surface area contributed by atoms with E-state index in [4.69, 9.17) is 14.2 Å². The molecule has 0 aromatic heterocycles. The van der Waals surface area contributed by atoms with Gasteiger partial charge in [-0.25, -0.2) is 14.4 Å². The van der Waals surface area contributed by atoms with Gasteiger partial charge in [-0.05, 0) is 74.1 Å². The molecule has 5 atom stereocenters. The van der Waals surface area contributed by atoms with Gasteiger partial charge in [0.15, 0.2) is 0 Å². The number of hydrogen-bond acceptors (Lipinski definition) is 6. The van der Waals surface area contributed by atoms with Crippen molar-refractivity contribution in [3.05, 3.63) is 107 Å². The molecule has 5 unspecified atom stereocenters. The van der Waals surface area contributed by atoms with Crippen LogP contribution in [-0.4, -0.2) is 36.7 Å². The van der Waals surface area contributed by atoms with Crippen molar-refractivity contribution < 1.29 is 28.6 Å². The second-order valence-electron chi connectivity index (χ2n) is 9.66. The van der Waals surface area contributed by atoms with E-state index in [2.05, 4.69) is 0 Å². The molecule has 3 aliphatic rings. The highest BCUT2D eigenvalue weighted by molar-refractivity contribution is 5.90. The third kappa shape index (κ3) is 5.29. The average molecular weight is 499 g/mol. The van der Waals surface area contributed by atoms with Gasteiger partial charge in [-0.2, -0.15) is 0 Å². The second kappa shape index (κ2) is 11.0. The lowest BCUT2D eigenvalue weighted by molar-refractivity contribution is -0.129. The fourth-order valence-corrected chi connectivity index (χ4v) is 5.74. The van der Waals surface area contributed by atoms with Crippen LogP contribution in [-0.2, 0) is 14.2 Å². The van der Waals surface area contributed by atoms with Gasteiger partial charge in [0.2, 0.25) is 0 Å². The van der Waals surface area contributed by atoms with Crippen molar-refractivity contribution >= 4 is 17.9 Å². The standard InChI is InChI=1S/C31H30O6/c1-2-35-29(32)23-15-13-20(14-16-23)26-19-24-17-18-25(26)28(37-31(34)22-11-7-4-8-12-22)27(24)36-30(33)21-9-5-3-6-10-21/h3-16,24-28H,2,17-19H2,1H3. The molecule has 6 nitrogen and oxygen atoms in total. The summed E-state index contributed by atoms with van der Waals surface area (Å²) >= 11 is 0. The van der Waals surface area contributed by atoms with Crippen LogP contribution in [0.15, 0.2) is 84.9 Å². The maximum atomic E-state index is 13.1. The molecule has 0 amide bonds. The zero-order chi connectivity index (χ0) is 25.8. The van der Waals surface area contributed by atoms with E-state index in [-0.39, 0.29) is 23.7 Å². The van der Waals surface area contributed by atoms with E-state index in [9.17, 15) is 14.4 Å². The molecule has 3 fully saturated rings. The number of ether oxygens (including phenoxy) is 3. The highest BCUT2D eigenvalue weighted by atomic mass is 16.6. The second-order valence-corrected chi connectivity index (χ2v) is 9.66. The summed E-state index contributed by atoms with van der Waals surface area (Å²) in [4.78, 5) is 38.2. The number of carbonyl (C=O) groups is 3. The van der Waals surface area contributed by atoms with Crippen LogP contribution in [0.5, 0.6) is 0 Å². The van der Waals surface area contributed by atoms with E-state index in [1.165, 1.54) is 0 Å². The summed E-state index contributed by atoms with van der Waals surface area (Å²) in [5.41, 5.74) is 2.53. The summed E-state index contributed by atoms with van der Waals surface area (Å²) in [5, 5.41) is 0. The largest absolute Gasteiger partial charge is 0.462 e. The molecule has 37 heavy (non-hydrogen) atoms. The predicted octanol–water partition coefficient (Wildman–Crippen LogP) is 5.83. The first-order valence-electron chi connectivity index (χ1n) is 12.8. The minimum Gasteiger partial charge on any atom is -0.462 e. The van der Waals surface area contributed by atoms with E-state index in [0.29, 0.717) is 23.3 Å². The summed E-state index contributed by atoms with van der Waals surface area (Å²) < 4.78 is 17.3. The lowest BCUT2D eigenvalue weighted by atomic mass is 9.60. The fourth-order valence-electron chi connectivity index (χ4n) is 5.74. The van der Waals surface area contributed by atoms with Crippen molar-refractivity contribution in [3.8, 4) is 0 Å². The molecule has 3 saturated carbocycles. The number of benzene rings is 3. The molecule has 3 aromatic carbocycles. The van der Waals surface area contributed by atoms with Crippen molar-refractivity contribution in [3.63, 3.8) is 0 Å². The molecule has 3 aliphatic carbocycles. The zero-order valence-corrected chi connectivity index (χ0v) is 20.7. The van der Waals surface area contributed by atoms with Crippen LogP contribution < -0.4 is 0 Å². The zero-order valence-electron chi connectivity index (χ0n) is 20.7. The van der Waals surface area contributed by atoms with Gasteiger partial charge in [0.05, 0.1) is 23.3 Å². The summed E-state index contributed by atoms with van der Waals surface area (Å²) in [6.45, 7) is 2.10. The minimum absolute atomic E-state index is 0.0142. The highest BCUT2D eigenvalue weighted by Crippen LogP contribution is 2.52. The van der Waals surface area contributed by atoms with E-state index < -0.39 is 24.1 Å². The molecule has 6 heteroatoms. The van der Waals surface area contributed by atoms with Gasteiger partial charge in [-0.3, -0.25) is 0 Å². The fraction of sp³-hybridized carbons (Fsp3) is 0.323. The van der Waals surface area contributed by atoms with E-state index in [1.807, 2.05) is 24.3 Å². The molecule has 0 saturated heterocycles. The van der Waals surface area contributed by atoms with Crippen LogP contribution in [0.4, 0.5) is 0 Å². The Bertz CT molecular complexity index is 1240. The van der Waals surface area contributed by atoms with E-state index in [1.54, 1.807) is 67.6 Å². The summed E-state index contributed by atoms with van der Waals surface area (Å²) in [5.74, 6) is -1.01. The summed E-state index contributed by atoms with van der Waals surface area (Å²) in [7, 11) is 0. The number of fused-ring (bicyclic) bond motifs is 3. The third-order valence-electron chi connectivity index (χ3n) is 7.51. The van der Waals surface area contributed by atoms with Crippen molar-refractivity contribution in [1.29, 1.82) is 0 Å². The maximum absolute atomic E-state index is 13.1. The first-order chi connectivity index (χ1) is 18.0. The molecule has 3 aromatic rings. The molecular formula is C31H30O6. The Morgan fingerprint density at radius 2 is 1.22 bits per heavy atom. The Morgan fingerprint density at radius 1 is 0.676 bits per heavy atom. The van der Waals surface area contributed by atoms with Crippen molar-refractivity contribution in [2.75, 3.05) is 6.61 Å². The molecule has 0 heterocycles. The molecule has 190 valence electrons. The Morgan fingerprint density at radius 3 is 1.78 bits per heavy atom. The summed E-state index contributed by atoms with van der Waals surface area (Å²) in [6, 6.07) is 25.3. The first kappa shape index (κ1) is 24.8. The Balaban J connectivity index is 1.41. The summed E-state index contributed by atoms with van der Waals surface area (Å²) in [6.07, 6.45) is 1.49. The minimum atomic E-state index is -0.567. The van der Waals surface area contributed by atoms with Crippen LogP contribution in [0.25, 0.3) is 0 Å². The van der Waals surface area contributed by atoms with Crippen molar-refractivity contribution in [1.82, 2.24) is 0 Å². The number of esters is 3. The van der Waals surface area contributed by atoms with E-state index in [0.717, 1.165) is 24.8 Å². The van der Waals surface area contributed by atoms with Crippen LogP contribution >= 0.6 is 0 Å². The van der Waals surface area contributed by atoms with Gasteiger partial charge in [-0.15, -0.1) is 0 Å². The molecule has 0 aliphatic heterocycles. The Labute approximate surface area is 216 Å². The molecule has 2 bridgehead atoms. The van der Waals surface area contributed by atoms with Crippen molar-refractivity contribution in [2.45, 2.75) is 44.3 Å². The van der Waals surface area contributed by atoms with Crippen molar-refractivity contribution in [2.24, 2.45) is 11.8 Å². The van der Waals surface area contributed by atoms with Crippen LogP contribution in [0.2, 0.25) is 0 Å². The van der Waals surface area contributed by atoms with Crippen LogP contribution in [0.1, 0.15) is 68.7 Å².